The number of halogens is 5. The molecular formula is C28H28ClF4N7O. The van der Waals surface area contributed by atoms with Crippen molar-refractivity contribution < 1.29 is 22.7 Å². The van der Waals surface area contributed by atoms with E-state index in [4.69, 9.17) is 23.1 Å². The van der Waals surface area contributed by atoms with Crippen LogP contribution in [0.2, 0.25) is 5.02 Å². The van der Waals surface area contributed by atoms with Gasteiger partial charge in [0.15, 0.2) is 11.5 Å². The predicted molar refractivity (Wildman–Crippen MR) is 151 cm³/mol. The summed E-state index contributed by atoms with van der Waals surface area (Å²) < 4.78 is 57.1. The van der Waals surface area contributed by atoms with Crippen molar-refractivity contribution >= 4 is 34.6 Å². The number of anilines is 2. The van der Waals surface area contributed by atoms with Crippen LogP contribution in [0.1, 0.15) is 23.1 Å². The van der Waals surface area contributed by atoms with Crippen molar-refractivity contribution in [2.45, 2.75) is 31.7 Å². The topological polar surface area (TPSA) is 126 Å². The zero-order valence-corrected chi connectivity index (χ0v) is 22.6. The molecule has 13 heteroatoms. The molecule has 3 heterocycles. The molecule has 0 aliphatic carbocycles. The van der Waals surface area contributed by atoms with E-state index in [0.29, 0.717) is 43.6 Å². The third kappa shape index (κ3) is 7.40. The molecule has 2 aromatic heterocycles. The molecule has 1 aromatic carbocycles. The van der Waals surface area contributed by atoms with Crippen LogP contribution in [0.5, 0.6) is 0 Å². The Bertz CT molecular complexity index is 1490. The Morgan fingerprint density at radius 3 is 2.63 bits per heavy atom. The summed E-state index contributed by atoms with van der Waals surface area (Å²) in [6, 6.07) is 8.74. The summed E-state index contributed by atoms with van der Waals surface area (Å²) >= 11 is 5.94. The fraction of sp³-hybridized carbons (Fsp3) is 0.250. The van der Waals surface area contributed by atoms with E-state index in [1.165, 1.54) is 30.5 Å². The Morgan fingerprint density at radius 2 is 2.00 bits per heavy atom. The third-order valence-corrected chi connectivity index (χ3v) is 6.81. The number of nitrogen functional groups attached to an aromatic ring is 1. The summed E-state index contributed by atoms with van der Waals surface area (Å²) in [5.74, 6) is -0.612. The second-order valence-corrected chi connectivity index (χ2v) is 9.85. The molecular weight excluding hydrogens is 562 g/mol. The molecule has 1 fully saturated rings. The molecule has 0 saturated carbocycles. The zero-order valence-electron chi connectivity index (χ0n) is 21.8. The van der Waals surface area contributed by atoms with Gasteiger partial charge in [-0.3, -0.25) is 4.90 Å². The van der Waals surface area contributed by atoms with Crippen LogP contribution < -0.4 is 16.8 Å². The fourth-order valence-electron chi connectivity index (χ4n) is 4.46. The number of hydrogen-bond acceptors (Lipinski definition) is 8. The van der Waals surface area contributed by atoms with Crippen molar-refractivity contribution in [2.75, 3.05) is 24.1 Å². The molecule has 0 bridgehead atoms. The number of aliphatic hydroxyl groups is 1. The van der Waals surface area contributed by atoms with Crippen LogP contribution >= 0.6 is 11.6 Å². The summed E-state index contributed by atoms with van der Waals surface area (Å²) in [6.07, 6.45) is -0.954. The number of nitrogens with two attached hydrogens (primary N) is 2. The normalized spacial score (nSPS) is 16.7. The van der Waals surface area contributed by atoms with Gasteiger partial charge in [0.2, 0.25) is 0 Å². The minimum atomic E-state index is -4.93. The number of nitrogens with zero attached hydrogens (tertiary/aromatic N) is 4. The number of alkyl halides is 3. The summed E-state index contributed by atoms with van der Waals surface area (Å²) in [5, 5.41) is 12.4. The number of benzene rings is 1. The molecule has 1 aliphatic heterocycles. The van der Waals surface area contributed by atoms with Gasteiger partial charge in [-0.1, -0.05) is 24.2 Å². The molecule has 8 nitrogen and oxygen atoms in total. The Hall–Kier alpha value is -4.00. The standard InChI is InChI=1S/C28H28ClF4N7O/c1-16(21(13-34)25(28(31,32)33)39-27-23(29)3-2-8-37-27)38-19-5-4-18(24(30)12-19)11-17-6-9-36-26(35)22(17)15-40-10-7-20(41)14-40/h2-6,8-9,12-13,20,38,41H,1,7,10-11,14-15,34H2,(H2,35,36). The Labute approximate surface area is 239 Å². The smallest absolute Gasteiger partial charge is 0.404 e. The summed E-state index contributed by atoms with van der Waals surface area (Å²) in [4.78, 5) is 13.6. The van der Waals surface area contributed by atoms with E-state index < -0.39 is 29.4 Å². The lowest BCUT2D eigenvalue weighted by Gasteiger charge is -2.19. The number of aliphatic hydroxyl groups excluding tert-OH is 1. The van der Waals surface area contributed by atoms with Crippen LogP contribution in [0.4, 0.5) is 34.9 Å². The van der Waals surface area contributed by atoms with Gasteiger partial charge in [0, 0.05) is 67.2 Å². The third-order valence-electron chi connectivity index (χ3n) is 6.52. The summed E-state index contributed by atoms with van der Waals surface area (Å²) in [6.45, 7) is 5.35. The number of aromatic nitrogens is 2. The van der Waals surface area contributed by atoms with E-state index in [1.807, 2.05) is 0 Å². The van der Waals surface area contributed by atoms with Gasteiger partial charge < -0.3 is 21.9 Å². The van der Waals surface area contributed by atoms with E-state index in [9.17, 15) is 18.3 Å². The second-order valence-electron chi connectivity index (χ2n) is 9.45. The highest BCUT2D eigenvalue weighted by Crippen LogP contribution is 2.31. The van der Waals surface area contributed by atoms with Gasteiger partial charge in [-0.15, -0.1) is 0 Å². The molecule has 0 amide bonds. The van der Waals surface area contributed by atoms with Gasteiger partial charge in [0.25, 0.3) is 0 Å². The number of rotatable bonds is 9. The number of aliphatic imine (C=N–C) groups is 1. The molecule has 0 spiro atoms. The monoisotopic (exact) mass is 589 g/mol. The number of pyridine rings is 2. The molecule has 6 N–H and O–H groups in total. The first-order valence-corrected chi connectivity index (χ1v) is 12.9. The average Bonchev–Trinajstić information content (AvgIpc) is 3.32. The number of nitrogens with one attached hydrogen (secondary N) is 1. The van der Waals surface area contributed by atoms with Crippen molar-refractivity contribution in [1.82, 2.24) is 14.9 Å². The molecule has 1 atom stereocenters. The van der Waals surface area contributed by atoms with Crippen LogP contribution in [-0.4, -0.2) is 51.1 Å². The first kappa shape index (κ1) is 30.0. The van der Waals surface area contributed by atoms with E-state index in [0.717, 1.165) is 17.2 Å². The molecule has 1 saturated heterocycles. The second kappa shape index (κ2) is 12.7. The number of hydrogen-bond donors (Lipinski definition) is 4. The molecule has 4 rings (SSSR count). The highest BCUT2D eigenvalue weighted by molar-refractivity contribution is 6.32. The van der Waals surface area contributed by atoms with E-state index in [1.54, 1.807) is 12.3 Å². The number of allylic oxidation sites excluding steroid dienone is 1. The predicted octanol–water partition coefficient (Wildman–Crippen LogP) is 5.11. The lowest BCUT2D eigenvalue weighted by molar-refractivity contribution is -0.0581. The Kier molecular flexibility index (Phi) is 9.26. The van der Waals surface area contributed by atoms with Crippen molar-refractivity contribution in [3.8, 4) is 0 Å². The molecule has 216 valence electrons. The first-order chi connectivity index (χ1) is 19.5. The van der Waals surface area contributed by atoms with Crippen LogP contribution in [0.15, 0.2) is 77.8 Å². The largest absolute Gasteiger partial charge is 0.434 e. The lowest BCUT2D eigenvalue weighted by atomic mass is 9.99. The fourth-order valence-corrected chi connectivity index (χ4v) is 4.62. The van der Waals surface area contributed by atoms with Crippen molar-refractivity contribution in [2.24, 2.45) is 10.7 Å². The Morgan fingerprint density at radius 1 is 1.22 bits per heavy atom. The molecule has 1 unspecified atom stereocenters. The number of likely N-dealkylation sites (tertiary alicyclic amines) is 1. The van der Waals surface area contributed by atoms with E-state index in [2.05, 4.69) is 31.8 Å². The SMILES string of the molecule is C=C(Nc1ccc(Cc2ccnc(N)c2CN2CCC(O)C2)c(F)c1)C(=CN)C(=Nc1ncccc1Cl)C(F)(F)F. The van der Waals surface area contributed by atoms with Gasteiger partial charge in [-0.05, 0) is 47.9 Å². The van der Waals surface area contributed by atoms with Gasteiger partial charge in [-0.2, -0.15) is 13.2 Å². The maximum absolute atomic E-state index is 15.2. The average molecular weight is 590 g/mol. The van der Waals surface area contributed by atoms with Crippen LogP contribution in [0.3, 0.4) is 0 Å². The van der Waals surface area contributed by atoms with E-state index >= 15 is 4.39 Å². The number of β-amino-alcohol motifs (C(OH)–C–C–N with tert-alkyl or cyclic N) is 1. The van der Waals surface area contributed by atoms with Crippen LogP contribution in [0, 0.1) is 5.82 Å². The minimum absolute atomic E-state index is 0.0843. The van der Waals surface area contributed by atoms with Gasteiger partial charge >= 0.3 is 6.18 Å². The highest BCUT2D eigenvalue weighted by atomic mass is 35.5. The van der Waals surface area contributed by atoms with Gasteiger partial charge in [-0.25, -0.2) is 19.4 Å². The van der Waals surface area contributed by atoms with Crippen molar-refractivity contribution in [3.63, 3.8) is 0 Å². The zero-order chi connectivity index (χ0) is 29.7. The van der Waals surface area contributed by atoms with E-state index in [-0.39, 0.29) is 28.6 Å². The molecule has 0 radical (unpaired) electrons. The first-order valence-electron chi connectivity index (χ1n) is 12.5. The summed E-state index contributed by atoms with van der Waals surface area (Å²) in [5.41, 5.74) is 11.5. The Balaban J connectivity index is 1.54. The summed E-state index contributed by atoms with van der Waals surface area (Å²) in [7, 11) is 0. The maximum atomic E-state index is 15.2. The van der Waals surface area contributed by atoms with Crippen molar-refractivity contribution in [3.05, 3.63) is 100 Å². The van der Waals surface area contributed by atoms with Gasteiger partial charge in [0.1, 0.15) is 11.6 Å². The van der Waals surface area contributed by atoms with Crippen LogP contribution in [-0.2, 0) is 13.0 Å². The van der Waals surface area contributed by atoms with Gasteiger partial charge in [0.05, 0.1) is 11.1 Å². The molecule has 1 aliphatic rings. The van der Waals surface area contributed by atoms with Crippen molar-refractivity contribution in [1.29, 1.82) is 0 Å². The minimum Gasteiger partial charge on any atom is -0.404 e. The molecule has 3 aromatic rings. The van der Waals surface area contributed by atoms with Crippen LogP contribution in [0.25, 0.3) is 0 Å². The maximum Gasteiger partial charge on any atom is 0.434 e. The molecule has 41 heavy (non-hydrogen) atoms. The quantitative estimate of drug-likeness (QED) is 0.155. The lowest BCUT2D eigenvalue weighted by Crippen LogP contribution is -2.28. The highest BCUT2D eigenvalue weighted by Gasteiger charge is 2.39.